The van der Waals surface area contributed by atoms with Crippen LogP contribution < -0.4 is 4.31 Å². The Labute approximate surface area is 143 Å². The van der Waals surface area contributed by atoms with E-state index in [9.17, 15) is 8.42 Å². The van der Waals surface area contributed by atoms with Gasteiger partial charge in [0.15, 0.2) is 0 Å². The summed E-state index contributed by atoms with van der Waals surface area (Å²) in [5.41, 5.74) is 2.85. The van der Waals surface area contributed by atoms with Gasteiger partial charge in [-0.05, 0) is 50.2 Å². The Morgan fingerprint density at radius 1 is 0.958 bits per heavy atom. The van der Waals surface area contributed by atoms with E-state index in [0.717, 1.165) is 29.9 Å². The lowest BCUT2D eigenvalue weighted by Crippen LogP contribution is -2.47. The standard InChI is InChI=1S/C19H22N2O2S/c1-20-13-11-19(12-14-20)17-9-5-6-10-18(17)21(24(19,22)23)15-16-7-3-2-4-8-16/h2-10H,11-15H2,1H3. The van der Waals surface area contributed by atoms with Crippen LogP contribution in [0, 0.1) is 0 Å². The van der Waals surface area contributed by atoms with Crippen LogP contribution in [0.15, 0.2) is 54.6 Å². The van der Waals surface area contributed by atoms with Crippen LogP contribution in [-0.4, -0.2) is 33.5 Å². The molecule has 2 aliphatic heterocycles. The summed E-state index contributed by atoms with van der Waals surface area (Å²) in [6.45, 7) is 2.03. The van der Waals surface area contributed by atoms with Gasteiger partial charge in [-0.25, -0.2) is 8.42 Å². The highest BCUT2D eigenvalue weighted by Crippen LogP contribution is 2.52. The van der Waals surface area contributed by atoms with Crippen molar-refractivity contribution in [2.75, 3.05) is 24.4 Å². The first kappa shape index (κ1) is 15.7. The molecular weight excluding hydrogens is 320 g/mol. The van der Waals surface area contributed by atoms with Gasteiger partial charge in [-0.3, -0.25) is 4.31 Å². The van der Waals surface area contributed by atoms with Crippen molar-refractivity contribution in [2.24, 2.45) is 0 Å². The maximum atomic E-state index is 13.5. The van der Waals surface area contributed by atoms with Crippen molar-refractivity contribution in [1.82, 2.24) is 4.90 Å². The number of hydrogen-bond acceptors (Lipinski definition) is 3. The zero-order valence-electron chi connectivity index (χ0n) is 13.9. The van der Waals surface area contributed by atoms with E-state index in [2.05, 4.69) is 11.9 Å². The number of likely N-dealkylation sites (tertiary alicyclic amines) is 1. The Hall–Kier alpha value is -1.85. The maximum Gasteiger partial charge on any atom is 0.245 e. The minimum atomic E-state index is -3.42. The summed E-state index contributed by atoms with van der Waals surface area (Å²) >= 11 is 0. The zero-order valence-corrected chi connectivity index (χ0v) is 14.7. The molecule has 4 rings (SSSR count). The van der Waals surface area contributed by atoms with E-state index >= 15 is 0 Å². The first-order valence-corrected chi connectivity index (χ1v) is 9.83. The molecule has 24 heavy (non-hydrogen) atoms. The summed E-state index contributed by atoms with van der Waals surface area (Å²) in [6.07, 6.45) is 1.32. The predicted molar refractivity (Wildman–Crippen MR) is 96.4 cm³/mol. The average molecular weight is 342 g/mol. The predicted octanol–water partition coefficient (Wildman–Crippen LogP) is 2.96. The number of fused-ring (bicyclic) bond motifs is 2. The molecule has 1 spiro atoms. The summed E-state index contributed by atoms with van der Waals surface area (Å²) in [6, 6.07) is 17.7. The van der Waals surface area contributed by atoms with E-state index in [1.54, 1.807) is 4.31 Å². The van der Waals surface area contributed by atoms with E-state index in [1.165, 1.54) is 0 Å². The molecule has 5 heteroatoms. The Morgan fingerprint density at radius 3 is 2.29 bits per heavy atom. The lowest BCUT2D eigenvalue weighted by Gasteiger charge is -2.37. The molecule has 0 unspecified atom stereocenters. The Bertz CT molecular complexity index is 841. The molecule has 1 fully saturated rings. The third kappa shape index (κ3) is 2.19. The third-order valence-electron chi connectivity index (χ3n) is 5.41. The van der Waals surface area contributed by atoms with E-state index < -0.39 is 14.8 Å². The molecule has 0 atom stereocenters. The van der Waals surface area contributed by atoms with Crippen molar-refractivity contribution < 1.29 is 8.42 Å². The number of piperidine rings is 1. The highest BCUT2D eigenvalue weighted by atomic mass is 32.2. The first-order chi connectivity index (χ1) is 11.5. The van der Waals surface area contributed by atoms with Gasteiger partial charge in [0.1, 0.15) is 4.75 Å². The van der Waals surface area contributed by atoms with E-state index in [1.807, 2.05) is 54.6 Å². The number of sulfonamides is 1. The van der Waals surface area contributed by atoms with Gasteiger partial charge in [-0.15, -0.1) is 0 Å². The number of rotatable bonds is 2. The monoisotopic (exact) mass is 342 g/mol. The molecular formula is C19H22N2O2S. The van der Waals surface area contributed by atoms with Crippen molar-refractivity contribution in [1.29, 1.82) is 0 Å². The van der Waals surface area contributed by atoms with Crippen molar-refractivity contribution in [3.05, 3.63) is 65.7 Å². The molecule has 0 radical (unpaired) electrons. The number of para-hydroxylation sites is 1. The lowest BCUT2D eigenvalue weighted by molar-refractivity contribution is 0.235. The molecule has 0 saturated carbocycles. The highest BCUT2D eigenvalue weighted by molar-refractivity contribution is 7.94. The smallest absolute Gasteiger partial charge is 0.245 e. The van der Waals surface area contributed by atoms with E-state index in [0.29, 0.717) is 19.4 Å². The van der Waals surface area contributed by atoms with Crippen LogP contribution >= 0.6 is 0 Å². The van der Waals surface area contributed by atoms with Crippen LogP contribution in [0.25, 0.3) is 0 Å². The number of nitrogens with zero attached hydrogens (tertiary/aromatic N) is 2. The molecule has 0 N–H and O–H groups in total. The van der Waals surface area contributed by atoms with Gasteiger partial charge < -0.3 is 4.90 Å². The highest BCUT2D eigenvalue weighted by Gasteiger charge is 2.56. The third-order valence-corrected chi connectivity index (χ3v) is 7.93. The summed E-state index contributed by atoms with van der Waals surface area (Å²) in [4.78, 5) is 2.21. The quantitative estimate of drug-likeness (QED) is 0.842. The lowest BCUT2D eigenvalue weighted by atomic mass is 9.87. The van der Waals surface area contributed by atoms with Gasteiger partial charge in [-0.2, -0.15) is 0 Å². The number of benzene rings is 2. The van der Waals surface area contributed by atoms with Gasteiger partial charge in [0, 0.05) is 0 Å². The Balaban J connectivity index is 1.82. The van der Waals surface area contributed by atoms with Crippen LogP contribution in [0.4, 0.5) is 5.69 Å². The average Bonchev–Trinajstić information content (AvgIpc) is 2.77. The molecule has 0 bridgehead atoms. The SMILES string of the molecule is CN1CCC2(CC1)c1ccccc1N(Cc1ccccc1)S2(=O)=O. The molecule has 0 amide bonds. The second-order valence-corrected chi connectivity index (χ2v) is 8.98. The van der Waals surface area contributed by atoms with Crippen molar-refractivity contribution in [3.63, 3.8) is 0 Å². The fourth-order valence-corrected chi connectivity index (χ4v) is 6.29. The second-order valence-electron chi connectivity index (χ2n) is 6.81. The van der Waals surface area contributed by atoms with Crippen LogP contribution in [-0.2, 0) is 21.3 Å². The van der Waals surface area contributed by atoms with Crippen LogP contribution in [0.1, 0.15) is 24.0 Å². The Morgan fingerprint density at radius 2 is 1.58 bits per heavy atom. The van der Waals surface area contributed by atoms with Crippen molar-refractivity contribution in [3.8, 4) is 0 Å². The molecule has 126 valence electrons. The van der Waals surface area contributed by atoms with Crippen molar-refractivity contribution in [2.45, 2.75) is 24.1 Å². The fourth-order valence-electron chi connectivity index (χ4n) is 3.98. The fraction of sp³-hybridized carbons (Fsp3) is 0.368. The first-order valence-electron chi connectivity index (χ1n) is 8.39. The minimum absolute atomic E-state index is 0.401. The van der Waals surface area contributed by atoms with Gasteiger partial charge in [0.25, 0.3) is 0 Å². The van der Waals surface area contributed by atoms with Gasteiger partial charge in [0.2, 0.25) is 10.0 Å². The van der Waals surface area contributed by atoms with E-state index in [4.69, 9.17) is 0 Å². The molecule has 1 saturated heterocycles. The number of anilines is 1. The maximum absolute atomic E-state index is 13.5. The van der Waals surface area contributed by atoms with E-state index in [-0.39, 0.29) is 0 Å². The summed E-state index contributed by atoms with van der Waals surface area (Å²) < 4.78 is 28.0. The molecule has 0 aromatic heterocycles. The molecule has 2 aromatic carbocycles. The van der Waals surface area contributed by atoms with Gasteiger partial charge >= 0.3 is 0 Å². The van der Waals surface area contributed by atoms with Gasteiger partial charge in [0.05, 0.1) is 12.2 Å². The molecule has 4 nitrogen and oxygen atoms in total. The van der Waals surface area contributed by atoms with Crippen LogP contribution in [0.2, 0.25) is 0 Å². The summed E-state index contributed by atoms with van der Waals surface area (Å²) in [5.74, 6) is 0. The summed E-state index contributed by atoms with van der Waals surface area (Å²) in [7, 11) is -1.37. The van der Waals surface area contributed by atoms with Crippen LogP contribution in [0.5, 0.6) is 0 Å². The summed E-state index contributed by atoms with van der Waals surface area (Å²) in [5, 5.41) is 0. The molecule has 2 aliphatic rings. The topological polar surface area (TPSA) is 40.6 Å². The second kappa shape index (κ2) is 5.60. The zero-order chi connectivity index (χ0) is 16.8. The molecule has 2 heterocycles. The Kier molecular flexibility index (Phi) is 3.66. The van der Waals surface area contributed by atoms with Crippen LogP contribution in [0.3, 0.4) is 0 Å². The minimum Gasteiger partial charge on any atom is -0.306 e. The van der Waals surface area contributed by atoms with Crippen molar-refractivity contribution >= 4 is 15.7 Å². The normalized spacial score (nSPS) is 21.8. The van der Waals surface area contributed by atoms with Gasteiger partial charge in [-0.1, -0.05) is 48.5 Å². The number of hydrogen-bond donors (Lipinski definition) is 0. The molecule has 0 aliphatic carbocycles. The molecule has 2 aromatic rings. The largest absolute Gasteiger partial charge is 0.306 e.